The molecule has 1 saturated carbocycles. The summed E-state index contributed by atoms with van der Waals surface area (Å²) < 4.78 is 5.43. The van der Waals surface area contributed by atoms with E-state index < -0.39 is 0 Å². The van der Waals surface area contributed by atoms with Crippen LogP contribution < -0.4 is 10.6 Å². The number of nitrogens with one attached hydrogen (secondary N) is 2. The molecule has 2 rings (SSSR count). The van der Waals surface area contributed by atoms with Crippen molar-refractivity contribution in [2.75, 3.05) is 19.0 Å². The van der Waals surface area contributed by atoms with Gasteiger partial charge in [0.1, 0.15) is 5.82 Å². The maximum atomic E-state index is 11.8. The third kappa shape index (κ3) is 4.70. The summed E-state index contributed by atoms with van der Waals surface area (Å²) in [5, 5.41) is 6.28. The Kier molecular flexibility index (Phi) is 5.99. The van der Waals surface area contributed by atoms with Gasteiger partial charge in [0.05, 0.1) is 11.7 Å². The smallest absolute Gasteiger partial charge is 0.252 e. The number of aromatic nitrogens is 1. The van der Waals surface area contributed by atoms with Gasteiger partial charge in [-0.2, -0.15) is 0 Å². The van der Waals surface area contributed by atoms with E-state index in [1.807, 2.05) is 19.1 Å². The quantitative estimate of drug-likeness (QED) is 0.845. The van der Waals surface area contributed by atoms with Crippen LogP contribution in [0, 0.1) is 0 Å². The zero-order chi connectivity index (χ0) is 15.1. The number of ether oxygens (including phenoxy) is 1. The van der Waals surface area contributed by atoms with Crippen molar-refractivity contribution in [2.24, 2.45) is 0 Å². The lowest BCUT2D eigenvalue weighted by atomic mass is 9.93. The highest BCUT2D eigenvalue weighted by atomic mass is 16.5. The van der Waals surface area contributed by atoms with Crippen LogP contribution in [0.4, 0.5) is 5.82 Å². The molecule has 1 aromatic rings. The minimum Gasteiger partial charge on any atom is -0.381 e. The Morgan fingerprint density at radius 1 is 1.43 bits per heavy atom. The number of methoxy groups -OCH3 is 1. The lowest BCUT2D eigenvalue weighted by Crippen LogP contribution is -2.31. The number of anilines is 1. The largest absolute Gasteiger partial charge is 0.381 e. The van der Waals surface area contributed by atoms with Crippen molar-refractivity contribution in [2.45, 2.75) is 51.2 Å². The summed E-state index contributed by atoms with van der Waals surface area (Å²) in [6, 6.07) is 4.09. The van der Waals surface area contributed by atoms with E-state index in [4.69, 9.17) is 4.74 Å². The number of rotatable bonds is 6. The van der Waals surface area contributed by atoms with Crippen molar-refractivity contribution in [3.63, 3.8) is 0 Å². The van der Waals surface area contributed by atoms with E-state index in [2.05, 4.69) is 15.6 Å². The number of carbonyl (C=O) groups excluding carboxylic acids is 1. The van der Waals surface area contributed by atoms with Crippen molar-refractivity contribution < 1.29 is 9.53 Å². The van der Waals surface area contributed by atoms with Crippen LogP contribution in [0.15, 0.2) is 18.3 Å². The van der Waals surface area contributed by atoms with Gasteiger partial charge in [0.25, 0.3) is 5.91 Å². The Hall–Kier alpha value is -1.62. The fraction of sp³-hybridized carbons (Fsp3) is 0.625. The molecule has 5 nitrogen and oxygen atoms in total. The van der Waals surface area contributed by atoms with Crippen molar-refractivity contribution in [3.8, 4) is 0 Å². The molecule has 0 radical (unpaired) electrons. The van der Waals surface area contributed by atoms with Crippen LogP contribution in [0.2, 0.25) is 0 Å². The topological polar surface area (TPSA) is 63.2 Å². The molecule has 0 spiro atoms. The molecule has 0 aliphatic heterocycles. The molecular weight excluding hydrogens is 266 g/mol. The molecule has 1 aliphatic carbocycles. The minimum atomic E-state index is -0.0620. The number of amides is 1. The third-order valence-corrected chi connectivity index (χ3v) is 3.87. The van der Waals surface area contributed by atoms with E-state index in [0.717, 1.165) is 31.5 Å². The SMILES string of the molecule is CCCNC(=O)c1ccc(NC2CCCC(OC)C2)nc1. The molecule has 1 aromatic heterocycles. The van der Waals surface area contributed by atoms with E-state index in [9.17, 15) is 4.79 Å². The Morgan fingerprint density at radius 3 is 2.95 bits per heavy atom. The molecule has 1 aliphatic rings. The van der Waals surface area contributed by atoms with E-state index in [1.54, 1.807) is 13.3 Å². The zero-order valence-electron chi connectivity index (χ0n) is 12.9. The van der Waals surface area contributed by atoms with Crippen molar-refractivity contribution in [1.82, 2.24) is 10.3 Å². The molecule has 0 bridgehead atoms. The molecule has 116 valence electrons. The Balaban J connectivity index is 1.88. The van der Waals surface area contributed by atoms with Gasteiger partial charge in [-0.05, 0) is 44.2 Å². The first-order valence-electron chi connectivity index (χ1n) is 7.76. The van der Waals surface area contributed by atoms with Gasteiger partial charge in [-0.25, -0.2) is 4.98 Å². The van der Waals surface area contributed by atoms with Crippen LogP contribution in [0.1, 0.15) is 49.4 Å². The van der Waals surface area contributed by atoms with E-state index in [-0.39, 0.29) is 5.91 Å². The average Bonchev–Trinajstić information content (AvgIpc) is 2.53. The van der Waals surface area contributed by atoms with Gasteiger partial charge in [0, 0.05) is 25.9 Å². The van der Waals surface area contributed by atoms with Gasteiger partial charge < -0.3 is 15.4 Å². The van der Waals surface area contributed by atoms with Crippen LogP contribution in [0.3, 0.4) is 0 Å². The summed E-state index contributed by atoms with van der Waals surface area (Å²) in [6.07, 6.45) is 7.37. The van der Waals surface area contributed by atoms with Gasteiger partial charge >= 0.3 is 0 Å². The van der Waals surface area contributed by atoms with Crippen molar-refractivity contribution in [1.29, 1.82) is 0 Å². The molecule has 2 unspecified atom stereocenters. The molecule has 21 heavy (non-hydrogen) atoms. The van der Waals surface area contributed by atoms with Crippen molar-refractivity contribution >= 4 is 11.7 Å². The molecule has 1 amide bonds. The van der Waals surface area contributed by atoms with Crippen LogP contribution >= 0.6 is 0 Å². The second-order valence-electron chi connectivity index (χ2n) is 5.55. The molecule has 2 N–H and O–H groups in total. The second-order valence-corrected chi connectivity index (χ2v) is 5.55. The standard InChI is InChI=1S/C16H25N3O2/c1-3-9-17-16(20)12-7-8-15(18-11-12)19-13-5-4-6-14(10-13)21-2/h7-8,11,13-14H,3-6,9-10H2,1-2H3,(H,17,20)(H,18,19). The van der Waals surface area contributed by atoms with Crippen LogP contribution in [-0.4, -0.2) is 36.7 Å². The highest BCUT2D eigenvalue weighted by Gasteiger charge is 2.21. The number of hydrogen-bond donors (Lipinski definition) is 2. The van der Waals surface area contributed by atoms with E-state index >= 15 is 0 Å². The number of carbonyl (C=O) groups is 1. The van der Waals surface area contributed by atoms with Crippen LogP contribution in [0.5, 0.6) is 0 Å². The first-order valence-corrected chi connectivity index (χ1v) is 7.76. The number of nitrogens with zero attached hydrogens (tertiary/aromatic N) is 1. The van der Waals surface area contributed by atoms with Gasteiger partial charge in [0.15, 0.2) is 0 Å². The molecule has 1 fully saturated rings. The number of hydrogen-bond acceptors (Lipinski definition) is 4. The molecule has 0 saturated heterocycles. The number of pyridine rings is 1. The Labute approximate surface area is 126 Å². The summed E-state index contributed by atoms with van der Waals surface area (Å²) in [4.78, 5) is 16.1. The molecular formula is C16H25N3O2. The molecule has 2 atom stereocenters. The van der Waals surface area contributed by atoms with Gasteiger partial charge in [0.2, 0.25) is 0 Å². The fourth-order valence-corrected chi connectivity index (χ4v) is 2.65. The lowest BCUT2D eigenvalue weighted by molar-refractivity contribution is 0.0669. The molecule has 1 heterocycles. The average molecular weight is 291 g/mol. The summed E-state index contributed by atoms with van der Waals surface area (Å²) in [6.45, 7) is 2.72. The monoisotopic (exact) mass is 291 g/mol. The van der Waals surface area contributed by atoms with Crippen molar-refractivity contribution in [3.05, 3.63) is 23.9 Å². The fourth-order valence-electron chi connectivity index (χ4n) is 2.65. The first kappa shape index (κ1) is 15.8. The summed E-state index contributed by atoms with van der Waals surface area (Å²) in [5.74, 6) is 0.761. The maximum Gasteiger partial charge on any atom is 0.252 e. The lowest BCUT2D eigenvalue weighted by Gasteiger charge is -2.29. The Morgan fingerprint density at radius 2 is 2.29 bits per heavy atom. The second kappa shape index (κ2) is 7.98. The molecule has 5 heteroatoms. The minimum absolute atomic E-state index is 0.0620. The predicted molar refractivity (Wildman–Crippen MR) is 83.5 cm³/mol. The summed E-state index contributed by atoms with van der Waals surface area (Å²) in [5.41, 5.74) is 0.604. The highest BCUT2D eigenvalue weighted by Crippen LogP contribution is 2.23. The van der Waals surface area contributed by atoms with Gasteiger partial charge in [-0.3, -0.25) is 4.79 Å². The third-order valence-electron chi connectivity index (χ3n) is 3.87. The normalized spacial score (nSPS) is 21.8. The van der Waals surface area contributed by atoms with Gasteiger partial charge in [-0.15, -0.1) is 0 Å². The van der Waals surface area contributed by atoms with Crippen LogP contribution in [0.25, 0.3) is 0 Å². The van der Waals surface area contributed by atoms with Gasteiger partial charge in [-0.1, -0.05) is 6.92 Å². The highest BCUT2D eigenvalue weighted by molar-refractivity contribution is 5.94. The predicted octanol–water partition coefficient (Wildman–Crippen LogP) is 2.59. The maximum absolute atomic E-state index is 11.8. The first-order chi connectivity index (χ1) is 10.2. The van der Waals surface area contributed by atoms with E-state index in [1.165, 1.54) is 6.42 Å². The zero-order valence-corrected chi connectivity index (χ0v) is 12.9. The van der Waals surface area contributed by atoms with E-state index in [0.29, 0.717) is 24.3 Å². The van der Waals surface area contributed by atoms with Crippen LogP contribution in [-0.2, 0) is 4.74 Å². The summed E-state index contributed by atoms with van der Waals surface area (Å²) in [7, 11) is 1.77. The Bertz CT molecular complexity index is 447. The molecule has 0 aromatic carbocycles. The summed E-state index contributed by atoms with van der Waals surface area (Å²) >= 11 is 0.